The molecule has 1 fully saturated rings. The van der Waals surface area contributed by atoms with Crippen molar-refractivity contribution in [2.45, 2.75) is 105 Å². The van der Waals surface area contributed by atoms with Gasteiger partial charge in [-0.2, -0.15) is 0 Å². The van der Waals surface area contributed by atoms with Crippen LogP contribution in [0.2, 0.25) is 0 Å². The fraction of sp³-hybridized carbons (Fsp3) is 1.00. The summed E-state index contributed by atoms with van der Waals surface area (Å²) in [5.74, 6) is 0. The van der Waals surface area contributed by atoms with E-state index in [0.717, 1.165) is 0 Å². The molecule has 1 aliphatic rings. The Bertz CT molecular complexity index is 368. The average Bonchev–Trinajstić information content (AvgIpc) is 2.19. The second kappa shape index (κ2) is 9.49. The van der Waals surface area contributed by atoms with Gasteiger partial charge in [0.15, 0.2) is 0 Å². The van der Waals surface area contributed by atoms with Crippen LogP contribution in [0.25, 0.3) is 9.96 Å². The van der Waals surface area contributed by atoms with Gasteiger partial charge in [0.1, 0.15) is 0 Å². The van der Waals surface area contributed by atoms with Gasteiger partial charge in [-0.1, -0.05) is 41.5 Å². The fourth-order valence-electron chi connectivity index (χ4n) is 2.33. The summed E-state index contributed by atoms with van der Waals surface area (Å²) in [4.78, 5) is 10.4. The molecule has 1 saturated heterocycles. The van der Waals surface area contributed by atoms with Crippen molar-refractivity contribution in [3.8, 4) is 0 Å². The number of rotatable bonds is 2. The summed E-state index contributed by atoms with van der Waals surface area (Å²) >= 11 is -0.826. The fourth-order valence-corrected chi connectivity index (χ4v) is 9.31. The van der Waals surface area contributed by atoms with E-state index in [-0.39, 0.29) is 22.2 Å². The van der Waals surface area contributed by atoms with Crippen molar-refractivity contribution < 1.29 is 20.8 Å². The van der Waals surface area contributed by atoms with Crippen molar-refractivity contribution in [3.05, 3.63) is 9.96 Å². The third kappa shape index (κ3) is 9.18. The van der Waals surface area contributed by atoms with Gasteiger partial charge in [-0.05, 0) is 52.6 Å². The van der Waals surface area contributed by atoms with Gasteiger partial charge in [-0.15, -0.1) is 11.1 Å². The Balaban J connectivity index is 0.00000178. The van der Waals surface area contributed by atoms with Gasteiger partial charge in [0, 0.05) is 0 Å². The van der Waals surface area contributed by atoms with E-state index in [1.54, 1.807) is 0 Å². The maximum absolute atomic E-state index is 5.21. The molecule has 2 radical (unpaired) electrons. The van der Waals surface area contributed by atoms with E-state index in [1.165, 1.54) is 0 Å². The number of halogens is 2. The predicted molar refractivity (Wildman–Crippen MR) is 113 cm³/mol. The predicted octanol–water partition coefficient (Wildman–Crippen LogP) is 5.89. The SMILES string of the molecule is CC(C)(C)[N-][Si]1N(C(C)(C)C)[Si]([N-]C(C)(C)C)N1C(C)(C)C.[Cl][Zr+2][Cl]. The van der Waals surface area contributed by atoms with E-state index in [4.69, 9.17) is 27.0 Å². The standard InChI is InChI=1S/C16H36N4Si2.2ClH.Zr/c1-13(2,3)17-21-19(15(7,8)9)22(18-14(4,5)6)20(21)16(10,11)12;;;/h1-12H3;2*1H;/q-2;;;+4/p-2. The van der Waals surface area contributed by atoms with E-state index in [0.29, 0.717) is 0 Å². The topological polar surface area (TPSA) is 34.7 Å². The molecular formula is C16H36Cl2N4Si2Zr. The molecule has 0 saturated carbocycles. The van der Waals surface area contributed by atoms with Gasteiger partial charge in [-0.3, -0.25) is 0 Å². The Kier molecular flexibility index (Phi) is 10.1. The summed E-state index contributed by atoms with van der Waals surface area (Å²) in [6.07, 6.45) is 0. The van der Waals surface area contributed by atoms with Crippen LogP contribution in [-0.4, -0.2) is 49.2 Å². The van der Waals surface area contributed by atoms with Gasteiger partial charge < -0.3 is 18.4 Å². The van der Waals surface area contributed by atoms with Crippen molar-refractivity contribution >= 4 is 35.6 Å². The molecule has 0 atom stereocenters. The Labute approximate surface area is 179 Å². The summed E-state index contributed by atoms with van der Waals surface area (Å²) in [5, 5.41) is 0. The number of nitrogens with zero attached hydrogens (tertiary/aromatic N) is 4. The van der Waals surface area contributed by atoms with E-state index >= 15 is 0 Å². The second-order valence-corrected chi connectivity index (χ2v) is 18.3. The first-order valence-corrected chi connectivity index (χ1v) is 17.6. The van der Waals surface area contributed by atoms with E-state index in [1.807, 2.05) is 0 Å². The maximum atomic E-state index is 5.21. The first kappa shape index (κ1) is 26.7. The monoisotopic (exact) mass is 500 g/mol. The summed E-state index contributed by atoms with van der Waals surface area (Å²) in [7, 11) is 7.72. The summed E-state index contributed by atoms with van der Waals surface area (Å²) in [5.41, 5.74) is 0.231. The van der Waals surface area contributed by atoms with Crippen LogP contribution in [0, 0.1) is 0 Å². The van der Waals surface area contributed by atoms with E-state index in [2.05, 4.69) is 91.5 Å². The molecular weight excluding hydrogens is 467 g/mol. The molecule has 4 nitrogen and oxygen atoms in total. The average molecular weight is 503 g/mol. The molecule has 1 heterocycles. The zero-order valence-corrected chi connectivity index (χ0v) is 24.0. The molecule has 0 aromatic rings. The summed E-state index contributed by atoms with van der Waals surface area (Å²) < 4.78 is 5.29. The van der Waals surface area contributed by atoms with Crippen LogP contribution in [0.15, 0.2) is 0 Å². The van der Waals surface area contributed by atoms with Gasteiger partial charge in [0.05, 0.1) is 18.6 Å². The molecule has 1 rings (SSSR count). The molecule has 9 heteroatoms. The molecule has 1 aliphatic heterocycles. The minimum atomic E-state index is -1.07. The Morgan fingerprint density at radius 2 is 0.800 bits per heavy atom. The van der Waals surface area contributed by atoms with Crippen molar-refractivity contribution in [2.75, 3.05) is 0 Å². The molecule has 0 bridgehead atoms. The third-order valence-corrected chi connectivity index (χ3v) is 11.4. The normalized spacial score (nSPS) is 19.1. The molecule has 0 aromatic heterocycles. The minimum absolute atomic E-state index is 0.00355. The van der Waals surface area contributed by atoms with E-state index in [9.17, 15) is 0 Å². The molecule has 0 aliphatic carbocycles. The molecule has 0 spiro atoms. The second-order valence-electron chi connectivity index (χ2n) is 10.2. The van der Waals surface area contributed by atoms with Crippen LogP contribution in [0.3, 0.4) is 0 Å². The van der Waals surface area contributed by atoms with Crippen LogP contribution < -0.4 is 0 Å². The van der Waals surface area contributed by atoms with Crippen LogP contribution in [0.5, 0.6) is 0 Å². The van der Waals surface area contributed by atoms with Crippen molar-refractivity contribution in [1.29, 1.82) is 0 Å². The molecule has 0 amide bonds. The van der Waals surface area contributed by atoms with Crippen LogP contribution in [0.4, 0.5) is 0 Å². The Hall–Kier alpha value is 1.74. The molecule has 0 N–H and O–H groups in total. The van der Waals surface area contributed by atoms with Crippen molar-refractivity contribution in [1.82, 2.24) is 8.46 Å². The Morgan fingerprint density at radius 1 is 0.600 bits per heavy atom. The van der Waals surface area contributed by atoms with Crippen molar-refractivity contribution in [2.24, 2.45) is 0 Å². The summed E-state index contributed by atoms with van der Waals surface area (Å²) in [6.45, 7) is 27.1. The van der Waals surface area contributed by atoms with Crippen LogP contribution >= 0.6 is 17.0 Å². The Morgan fingerprint density at radius 3 is 0.920 bits per heavy atom. The van der Waals surface area contributed by atoms with Gasteiger partial charge >= 0.3 is 37.9 Å². The quantitative estimate of drug-likeness (QED) is 0.441. The molecule has 0 unspecified atom stereocenters. The molecule has 0 aromatic carbocycles. The first-order valence-electron chi connectivity index (χ1n) is 8.61. The van der Waals surface area contributed by atoms with Gasteiger partial charge in [-0.25, -0.2) is 0 Å². The number of hydrogen-bond donors (Lipinski definition) is 0. The van der Waals surface area contributed by atoms with Gasteiger partial charge in [0.2, 0.25) is 0 Å². The van der Waals surface area contributed by atoms with Gasteiger partial charge in [0.25, 0.3) is 0 Å². The van der Waals surface area contributed by atoms with Crippen LogP contribution in [-0.2, 0) is 20.8 Å². The number of hydrogen-bond acceptors (Lipinski definition) is 2. The summed E-state index contributed by atoms with van der Waals surface area (Å²) in [6, 6.07) is 0. The molecule has 25 heavy (non-hydrogen) atoms. The third-order valence-electron chi connectivity index (χ3n) is 3.01. The molecule has 146 valence electrons. The van der Waals surface area contributed by atoms with Crippen molar-refractivity contribution in [3.63, 3.8) is 0 Å². The van der Waals surface area contributed by atoms with Crippen LogP contribution in [0.1, 0.15) is 83.1 Å². The zero-order valence-electron chi connectivity index (χ0n) is 18.0. The van der Waals surface area contributed by atoms with E-state index < -0.39 is 39.4 Å². The zero-order chi connectivity index (χ0) is 20.4. The first-order chi connectivity index (χ1) is 10.8.